The van der Waals surface area contributed by atoms with Gasteiger partial charge in [0.15, 0.2) is 0 Å². The van der Waals surface area contributed by atoms with E-state index in [1.807, 2.05) is 19.9 Å². The van der Waals surface area contributed by atoms with E-state index in [0.29, 0.717) is 11.5 Å². The Bertz CT molecular complexity index is 685. The van der Waals surface area contributed by atoms with Crippen LogP contribution in [0.3, 0.4) is 0 Å². The number of rotatable bonds is 3. The maximum absolute atomic E-state index is 13.5. The van der Waals surface area contributed by atoms with Crippen LogP contribution in [-0.4, -0.2) is 30.3 Å². The van der Waals surface area contributed by atoms with Gasteiger partial charge in [-0.3, -0.25) is 0 Å². The predicted octanol–water partition coefficient (Wildman–Crippen LogP) is 3.21. The third-order valence-electron chi connectivity index (χ3n) is 3.67. The van der Waals surface area contributed by atoms with Crippen molar-refractivity contribution in [3.05, 3.63) is 42.3 Å². The minimum Gasteiger partial charge on any atom is -0.457 e. The van der Waals surface area contributed by atoms with Crippen LogP contribution in [0.5, 0.6) is 11.5 Å². The quantitative estimate of drug-likeness (QED) is 0.881. The zero-order chi connectivity index (χ0) is 16.4. The summed E-state index contributed by atoms with van der Waals surface area (Å²) in [5.74, 6) is 1.33. The molecule has 3 rings (SSSR count). The summed E-state index contributed by atoms with van der Waals surface area (Å²) in [5.41, 5.74) is 5.57. The molecular formula is C17H20FN3O2. The zero-order valence-electron chi connectivity index (χ0n) is 13.2. The summed E-state index contributed by atoms with van der Waals surface area (Å²) < 4.78 is 24.9. The van der Waals surface area contributed by atoms with Crippen molar-refractivity contribution in [3.8, 4) is 11.5 Å². The van der Waals surface area contributed by atoms with E-state index in [2.05, 4.69) is 9.88 Å². The molecule has 2 aromatic rings. The van der Waals surface area contributed by atoms with Crippen molar-refractivity contribution >= 4 is 11.5 Å². The smallest absolute Gasteiger partial charge is 0.149 e. The lowest BCUT2D eigenvalue weighted by Gasteiger charge is -2.36. The molecular weight excluding hydrogens is 297 g/mol. The molecule has 0 spiro atoms. The molecule has 2 heterocycles. The number of ether oxygens (including phenoxy) is 2. The van der Waals surface area contributed by atoms with Gasteiger partial charge in [0.05, 0.1) is 17.9 Å². The van der Waals surface area contributed by atoms with Crippen LogP contribution in [0, 0.1) is 5.82 Å². The topological polar surface area (TPSA) is 60.6 Å². The first-order valence-corrected chi connectivity index (χ1v) is 7.60. The second kappa shape index (κ2) is 6.42. The van der Waals surface area contributed by atoms with Crippen molar-refractivity contribution < 1.29 is 13.9 Å². The van der Waals surface area contributed by atoms with Crippen LogP contribution < -0.4 is 15.4 Å². The number of nitrogens with zero attached hydrogens (tertiary/aromatic N) is 2. The normalized spacial score (nSPS) is 21.3. The molecule has 1 aromatic heterocycles. The van der Waals surface area contributed by atoms with Crippen LogP contribution >= 0.6 is 0 Å². The van der Waals surface area contributed by atoms with E-state index in [0.717, 1.165) is 18.9 Å². The maximum Gasteiger partial charge on any atom is 0.149 e. The molecule has 122 valence electrons. The SMILES string of the molecule is C[C@@H]1CN(c2cc(Oc3ccc(N)c(F)c3)ccn2)C[C@H](C)O1. The number of hydrogen-bond donors (Lipinski definition) is 1. The minimum atomic E-state index is -0.493. The maximum atomic E-state index is 13.5. The Balaban J connectivity index is 1.78. The molecule has 2 N–H and O–H groups in total. The Morgan fingerprint density at radius 1 is 1.17 bits per heavy atom. The van der Waals surface area contributed by atoms with Crippen molar-refractivity contribution in [2.75, 3.05) is 23.7 Å². The molecule has 1 aromatic carbocycles. The van der Waals surface area contributed by atoms with Gasteiger partial charge in [-0.15, -0.1) is 0 Å². The fourth-order valence-corrected chi connectivity index (χ4v) is 2.71. The molecule has 1 aliphatic heterocycles. The lowest BCUT2D eigenvalue weighted by molar-refractivity contribution is -0.00547. The first kappa shape index (κ1) is 15.6. The van der Waals surface area contributed by atoms with Gasteiger partial charge in [0.1, 0.15) is 23.1 Å². The van der Waals surface area contributed by atoms with Gasteiger partial charge in [0.2, 0.25) is 0 Å². The molecule has 0 radical (unpaired) electrons. The summed E-state index contributed by atoms with van der Waals surface area (Å²) in [6.45, 7) is 5.63. The highest BCUT2D eigenvalue weighted by atomic mass is 19.1. The van der Waals surface area contributed by atoms with E-state index in [1.165, 1.54) is 12.1 Å². The van der Waals surface area contributed by atoms with E-state index >= 15 is 0 Å². The number of nitrogen functional groups attached to an aromatic ring is 1. The van der Waals surface area contributed by atoms with Gasteiger partial charge >= 0.3 is 0 Å². The average molecular weight is 317 g/mol. The Hall–Kier alpha value is -2.34. The first-order valence-electron chi connectivity index (χ1n) is 7.60. The standard InChI is InChI=1S/C17H20FN3O2/c1-11-9-21(10-12(2)22-11)17-8-14(5-6-20-17)23-13-3-4-16(19)15(18)7-13/h3-8,11-12H,9-10,19H2,1-2H3/t11-,12+. The van der Waals surface area contributed by atoms with E-state index < -0.39 is 5.82 Å². The first-order chi connectivity index (χ1) is 11.0. The molecule has 0 aliphatic carbocycles. The van der Waals surface area contributed by atoms with Crippen LogP contribution in [-0.2, 0) is 4.74 Å². The number of halogens is 1. The van der Waals surface area contributed by atoms with E-state index in [9.17, 15) is 4.39 Å². The van der Waals surface area contributed by atoms with Crippen LogP contribution in [0.1, 0.15) is 13.8 Å². The van der Waals surface area contributed by atoms with E-state index in [-0.39, 0.29) is 17.9 Å². The fraction of sp³-hybridized carbons (Fsp3) is 0.353. The van der Waals surface area contributed by atoms with Gasteiger partial charge < -0.3 is 20.1 Å². The van der Waals surface area contributed by atoms with Crippen molar-refractivity contribution in [1.29, 1.82) is 0 Å². The molecule has 0 amide bonds. The number of nitrogens with two attached hydrogens (primary N) is 1. The molecule has 5 nitrogen and oxygen atoms in total. The third-order valence-corrected chi connectivity index (χ3v) is 3.67. The number of pyridine rings is 1. The number of aromatic nitrogens is 1. The van der Waals surface area contributed by atoms with Crippen LogP contribution in [0.2, 0.25) is 0 Å². The number of benzene rings is 1. The molecule has 0 bridgehead atoms. The highest BCUT2D eigenvalue weighted by Crippen LogP contribution is 2.27. The Morgan fingerprint density at radius 2 is 1.87 bits per heavy atom. The minimum absolute atomic E-state index is 0.101. The van der Waals surface area contributed by atoms with Crippen LogP contribution in [0.4, 0.5) is 15.9 Å². The van der Waals surface area contributed by atoms with Crippen LogP contribution in [0.25, 0.3) is 0 Å². The van der Waals surface area contributed by atoms with Gasteiger partial charge in [0, 0.05) is 31.4 Å². The van der Waals surface area contributed by atoms with Crippen molar-refractivity contribution in [2.45, 2.75) is 26.1 Å². The van der Waals surface area contributed by atoms with Crippen LogP contribution in [0.15, 0.2) is 36.5 Å². The van der Waals surface area contributed by atoms with Gasteiger partial charge in [-0.2, -0.15) is 0 Å². The molecule has 0 unspecified atom stereocenters. The Morgan fingerprint density at radius 3 is 2.57 bits per heavy atom. The van der Waals surface area contributed by atoms with E-state index in [4.69, 9.17) is 15.2 Å². The van der Waals surface area contributed by atoms with Crippen molar-refractivity contribution in [2.24, 2.45) is 0 Å². The monoisotopic (exact) mass is 317 g/mol. The Kier molecular flexibility index (Phi) is 4.34. The molecule has 6 heteroatoms. The predicted molar refractivity (Wildman–Crippen MR) is 87.3 cm³/mol. The lowest BCUT2D eigenvalue weighted by atomic mass is 10.2. The highest BCUT2D eigenvalue weighted by Gasteiger charge is 2.23. The summed E-state index contributed by atoms with van der Waals surface area (Å²) in [6.07, 6.45) is 1.98. The van der Waals surface area contributed by atoms with Gasteiger partial charge in [0.25, 0.3) is 0 Å². The fourth-order valence-electron chi connectivity index (χ4n) is 2.71. The summed E-state index contributed by atoms with van der Waals surface area (Å²) in [6, 6.07) is 7.98. The molecule has 1 aliphatic rings. The van der Waals surface area contributed by atoms with Crippen molar-refractivity contribution in [1.82, 2.24) is 4.98 Å². The zero-order valence-corrected chi connectivity index (χ0v) is 13.2. The third kappa shape index (κ3) is 3.71. The largest absolute Gasteiger partial charge is 0.457 e. The molecule has 1 fully saturated rings. The van der Waals surface area contributed by atoms with Gasteiger partial charge in [-0.05, 0) is 32.0 Å². The molecule has 2 atom stereocenters. The average Bonchev–Trinajstić information content (AvgIpc) is 2.50. The van der Waals surface area contributed by atoms with E-state index in [1.54, 1.807) is 18.3 Å². The lowest BCUT2D eigenvalue weighted by Crippen LogP contribution is -2.45. The highest BCUT2D eigenvalue weighted by molar-refractivity contribution is 5.47. The summed E-state index contributed by atoms with van der Waals surface area (Å²) >= 11 is 0. The number of anilines is 2. The second-order valence-corrected chi connectivity index (χ2v) is 5.80. The van der Waals surface area contributed by atoms with Gasteiger partial charge in [-0.25, -0.2) is 9.37 Å². The molecule has 23 heavy (non-hydrogen) atoms. The molecule has 1 saturated heterocycles. The summed E-state index contributed by atoms with van der Waals surface area (Å²) in [5, 5.41) is 0. The number of morpholine rings is 1. The molecule has 0 saturated carbocycles. The Labute approximate surface area is 134 Å². The summed E-state index contributed by atoms with van der Waals surface area (Å²) in [4.78, 5) is 6.56. The van der Waals surface area contributed by atoms with Gasteiger partial charge in [-0.1, -0.05) is 0 Å². The second-order valence-electron chi connectivity index (χ2n) is 5.80. The number of hydrogen-bond acceptors (Lipinski definition) is 5. The summed E-state index contributed by atoms with van der Waals surface area (Å²) in [7, 11) is 0. The van der Waals surface area contributed by atoms with Crippen molar-refractivity contribution in [3.63, 3.8) is 0 Å².